The van der Waals surface area contributed by atoms with E-state index >= 15 is 0 Å². The summed E-state index contributed by atoms with van der Waals surface area (Å²) in [5.74, 6) is -0.785. The smallest absolute Gasteiger partial charge is 0.224 e. The summed E-state index contributed by atoms with van der Waals surface area (Å²) in [7, 11) is 0. The second-order valence-corrected chi connectivity index (χ2v) is 5.83. The third-order valence-corrected chi connectivity index (χ3v) is 3.87. The van der Waals surface area contributed by atoms with Crippen molar-refractivity contribution < 1.29 is 13.9 Å². The maximum Gasteiger partial charge on any atom is 0.224 e. The summed E-state index contributed by atoms with van der Waals surface area (Å²) in [6, 6.07) is 15.3. The predicted octanol–water partition coefficient (Wildman–Crippen LogP) is 3.47. The van der Waals surface area contributed by atoms with Gasteiger partial charge in [-0.25, -0.2) is 4.39 Å². The Morgan fingerprint density at radius 1 is 1.12 bits per heavy atom. The van der Waals surface area contributed by atoms with Crippen molar-refractivity contribution >= 4 is 18.3 Å². The van der Waals surface area contributed by atoms with Gasteiger partial charge in [-0.3, -0.25) is 4.79 Å². The maximum atomic E-state index is 13.5. The number of para-hydroxylation sites is 1. The van der Waals surface area contributed by atoms with Crippen molar-refractivity contribution in [2.75, 3.05) is 6.54 Å². The summed E-state index contributed by atoms with van der Waals surface area (Å²) in [6.07, 6.45) is -0.356. The van der Waals surface area contributed by atoms with Gasteiger partial charge in [0.25, 0.3) is 0 Å². The predicted molar refractivity (Wildman–Crippen MR) is 99.3 cm³/mol. The first-order chi connectivity index (χ1) is 11.5. The molecule has 0 spiro atoms. The molecule has 0 aliphatic heterocycles. The summed E-state index contributed by atoms with van der Waals surface area (Å²) in [5.41, 5.74) is 7.06. The molecule has 0 bridgehead atoms. The molecule has 6 heteroatoms. The lowest BCUT2D eigenvalue weighted by Crippen LogP contribution is -2.40. The third kappa shape index (κ3) is 6.03. The highest BCUT2D eigenvalue weighted by Gasteiger charge is 2.22. The zero-order valence-electron chi connectivity index (χ0n) is 14.3. The molecule has 0 aliphatic carbocycles. The van der Waals surface area contributed by atoms with E-state index in [0.29, 0.717) is 0 Å². The van der Waals surface area contributed by atoms with Crippen LogP contribution in [0.5, 0.6) is 5.75 Å². The SMILES string of the molecule is CC(CNC(=O)C(C)C(N)c1ccccc1)Oc1ccccc1F.Cl. The van der Waals surface area contributed by atoms with Crippen LogP contribution in [-0.2, 0) is 4.79 Å². The Labute approximate surface area is 154 Å². The third-order valence-electron chi connectivity index (χ3n) is 3.87. The average molecular weight is 367 g/mol. The van der Waals surface area contributed by atoms with E-state index in [9.17, 15) is 9.18 Å². The van der Waals surface area contributed by atoms with Crippen LogP contribution >= 0.6 is 12.4 Å². The molecule has 3 N–H and O–H groups in total. The van der Waals surface area contributed by atoms with Crippen LogP contribution in [0.25, 0.3) is 0 Å². The lowest BCUT2D eigenvalue weighted by molar-refractivity contribution is -0.125. The van der Waals surface area contributed by atoms with E-state index in [0.717, 1.165) is 5.56 Å². The van der Waals surface area contributed by atoms with Gasteiger partial charge in [0, 0.05) is 6.04 Å². The zero-order valence-corrected chi connectivity index (χ0v) is 15.1. The van der Waals surface area contributed by atoms with Crippen LogP contribution in [-0.4, -0.2) is 18.6 Å². The van der Waals surface area contributed by atoms with Crippen LogP contribution in [0.3, 0.4) is 0 Å². The highest BCUT2D eigenvalue weighted by Crippen LogP contribution is 2.19. The first kappa shape index (κ1) is 20.9. The topological polar surface area (TPSA) is 64.4 Å². The van der Waals surface area contributed by atoms with Gasteiger partial charge in [-0.2, -0.15) is 0 Å². The van der Waals surface area contributed by atoms with Crippen molar-refractivity contribution in [3.8, 4) is 5.75 Å². The van der Waals surface area contributed by atoms with Crippen molar-refractivity contribution in [3.05, 3.63) is 66.0 Å². The number of carbonyl (C=O) groups excluding carboxylic acids is 1. The minimum atomic E-state index is -0.421. The van der Waals surface area contributed by atoms with Crippen LogP contribution in [0.1, 0.15) is 25.5 Å². The molecule has 3 unspecified atom stereocenters. The molecule has 136 valence electrons. The minimum absolute atomic E-state index is 0. The quantitative estimate of drug-likeness (QED) is 0.788. The molecule has 2 aromatic carbocycles. The average Bonchev–Trinajstić information content (AvgIpc) is 2.61. The number of benzene rings is 2. The number of carbonyl (C=O) groups is 1. The Morgan fingerprint density at radius 2 is 1.72 bits per heavy atom. The summed E-state index contributed by atoms with van der Waals surface area (Å²) in [4.78, 5) is 12.3. The molecule has 25 heavy (non-hydrogen) atoms. The molecule has 3 atom stereocenters. The Morgan fingerprint density at radius 3 is 2.36 bits per heavy atom. The van der Waals surface area contributed by atoms with Crippen LogP contribution in [0, 0.1) is 11.7 Å². The largest absolute Gasteiger partial charge is 0.486 e. The fourth-order valence-corrected chi connectivity index (χ4v) is 2.33. The van der Waals surface area contributed by atoms with E-state index in [-0.39, 0.29) is 48.7 Å². The normalized spacial score (nSPS) is 13.9. The molecule has 0 heterocycles. The molecular weight excluding hydrogens is 343 g/mol. The summed E-state index contributed by atoms with van der Waals surface area (Å²) < 4.78 is 19.0. The van der Waals surface area contributed by atoms with Gasteiger partial charge in [-0.05, 0) is 24.6 Å². The fraction of sp³-hybridized carbons (Fsp3) is 0.316. The van der Waals surface area contributed by atoms with Crippen molar-refractivity contribution in [1.82, 2.24) is 5.32 Å². The Hall–Kier alpha value is -2.11. The van der Waals surface area contributed by atoms with E-state index in [4.69, 9.17) is 10.5 Å². The second kappa shape index (κ2) is 10.0. The lowest BCUT2D eigenvalue weighted by atomic mass is 9.94. The molecular formula is C19H24ClFN2O2. The van der Waals surface area contributed by atoms with E-state index in [1.54, 1.807) is 32.0 Å². The zero-order chi connectivity index (χ0) is 17.5. The highest BCUT2D eigenvalue weighted by molar-refractivity contribution is 5.85. The molecule has 1 amide bonds. The summed E-state index contributed by atoms with van der Waals surface area (Å²) >= 11 is 0. The van der Waals surface area contributed by atoms with Crippen LogP contribution in [0.15, 0.2) is 54.6 Å². The second-order valence-electron chi connectivity index (χ2n) is 5.83. The minimum Gasteiger partial charge on any atom is -0.486 e. The Bertz CT molecular complexity index is 669. The number of ether oxygens (including phenoxy) is 1. The first-order valence-electron chi connectivity index (χ1n) is 7.98. The standard InChI is InChI=1S/C19H23FN2O2.ClH/c1-13(24-17-11-7-6-10-16(17)20)12-22-19(23)14(2)18(21)15-8-4-3-5-9-15;/h3-11,13-14,18H,12,21H2,1-2H3,(H,22,23);1H. The van der Waals surface area contributed by atoms with Crippen molar-refractivity contribution in [3.63, 3.8) is 0 Å². The highest BCUT2D eigenvalue weighted by atomic mass is 35.5. The molecule has 0 radical (unpaired) electrons. The van der Waals surface area contributed by atoms with Gasteiger partial charge in [0.1, 0.15) is 6.10 Å². The number of nitrogens with one attached hydrogen (secondary N) is 1. The number of amides is 1. The molecule has 2 rings (SSSR count). The Kier molecular flexibility index (Phi) is 8.38. The van der Waals surface area contributed by atoms with Gasteiger partial charge in [-0.1, -0.05) is 49.4 Å². The molecule has 2 aromatic rings. The first-order valence-corrected chi connectivity index (χ1v) is 7.98. The summed E-state index contributed by atoms with van der Waals surface area (Å²) in [5, 5.41) is 2.81. The molecule has 0 saturated heterocycles. The molecule has 0 aliphatic rings. The van der Waals surface area contributed by atoms with Gasteiger partial charge in [0.2, 0.25) is 5.91 Å². The van der Waals surface area contributed by atoms with Crippen LogP contribution in [0.4, 0.5) is 4.39 Å². The van der Waals surface area contributed by atoms with Gasteiger partial charge in [-0.15, -0.1) is 12.4 Å². The van der Waals surface area contributed by atoms with Crippen molar-refractivity contribution in [2.24, 2.45) is 11.7 Å². The molecule has 0 fully saturated rings. The molecule has 4 nitrogen and oxygen atoms in total. The van der Waals surface area contributed by atoms with Gasteiger partial charge in [0.15, 0.2) is 11.6 Å². The number of rotatable bonds is 7. The van der Waals surface area contributed by atoms with E-state index in [1.807, 2.05) is 30.3 Å². The maximum absolute atomic E-state index is 13.5. The number of halogens is 2. The van der Waals surface area contributed by atoms with E-state index < -0.39 is 5.82 Å². The lowest BCUT2D eigenvalue weighted by Gasteiger charge is -2.21. The monoisotopic (exact) mass is 366 g/mol. The fourth-order valence-electron chi connectivity index (χ4n) is 2.33. The van der Waals surface area contributed by atoms with Crippen LogP contribution < -0.4 is 15.8 Å². The van der Waals surface area contributed by atoms with E-state index in [1.165, 1.54) is 6.07 Å². The van der Waals surface area contributed by atoms with Crippen molar-refractivity contribution in [2.45, 2.75) is 26.0 Å². The van der Waals surface area contributed by atoms with Crippen LogP contribution in [0.2, 0.25) is 0 Å². The molecule has 0 aromatic heterocycles. The number of nitrogens with two attached hydrogens (primary N) is 1. The molecule has 0 saturated carbocycles. The summed E-state index contributed by atoms with van der Waals surface area (Å²) in [6.45, 7) is 3.84. The van der Waals surface area contributed by atoms with E-state index in [2.05, 4.69) is 5.32 Å². The van der Waals surface area contributed by atoms with Gasteiger partial charge in [0.05, 0.1) is 12.5 Å². The van der Waals surface area contributed by atoms with Gasteiger partial charge >= 0.3 is 0 Å². The van der Waals surface area contributed by atoms with Crippen molar-refractivity contribution in [1.29, 1.82) is 0 Å². The van der Waals surface area contributed by atoms with Gasteiger partial charge < -0.3 is 15.8 Å². The number of hydrogen-bond acceptors (Lipinski definition) is 3. The Balaban J connectivity index is 0.00000312. The number of hydrogen-bond donors (Lipinski definition) is 2.